The zero-order chi connectivity index (χ0) is 11.8. The first-order valence-corrected chi connectivity index (χ1v) is 4.29. The fourth-order valence-electron chi connectivity index (χ4n) is 1.35. The minimum Gasteiger partial charge on any atom is -0.508 e. The molecule has 0 atom stereocenters. The monoisotopic (exact) mass is 229 g/mol. The van der Waals surface area contributed by atoms with Gasteiger partial charge in [-0.25, -0.2) is 0 Å². The summed E-state index contributed by atoms with van der Waals surface area (Å²) >= 11 is 0. The van der Waals surface area contributed by atoms with Gasteiger partial charge in [0.25, 0.3) is 0 Å². The number of pyridine rings is 1. The molecule has 16 heavy (non-hydrogen) atoms. The molecule has 0 saturated heterocycles. The van der Waals surface area contributed by atoms with E-state index in [0.717, 1.165) is 6.07 Å². The van der Waals surface area contributed by atoms with Crippen LogP contribution in [-0.4, -0.2) is 16.5 Å². The van der Waals surface area contributed by atoms with Crippen LogP contribution >= 0.6 is 0 Å². The van der Waals surface area contributed by atoms with Gasteiger partial charge in [-0.05, 0) is 12.1 Å². The van der Waals surface area contributed by atoms with E-state index in [-0.39, 0.29) is 11.3 Å². The van der Waals surface area contributed by atoms with Crippen LogP contribution in [0.5, 0.6) is 11.5 Å². The molecule has 6 heteroatoms. The van der Waals surface area contributed by atoms with Gasteiger partial charge in [0.2, 0.25) is 0 Å². The Balaban J connectivity index is 2.59. The first kappa shape index (κ1) is 10.5. The lowest BCUT2D eigenvalue weighted by Gasteiger charge is -2.10. The van der Waals surface area contributed by atoms with Crippen molar-refractivity contribution in [2.45, 2.75) is 6.36 Å². The average molecular weight is 229 g/mol. The number of hydrogen-bond acceptors (Lipinski definition) is 3. The molecule has 3 nitrogen and oxygen atoms in total. The highest BCUT2D eigenvalue weighted by molar-refractivity contribution is 5.85. The standard InChI is InChI=1S/C10H6F3NO2/c11-10(12,13)16-8-5-7(15)4-6-2-1-3-14-9(6)8/h1-5,15H. The number of halogens is 3. The molecule has 2 rings (SSSR count). The summed E-state index contributed by atoms with van der Waals surface area (Å²) in [5.74, 6) is -0.817. The van der Waals surface area contributed by atoms with Crippen molar-refractivity contribution >= 4 is 10.9 Å². The topological polar surface area (TPSA) is 42.4 Å². The van der Waals surface area contributed by atoms with Crippen LogP contribution in [0.25, 0.3) is 10.9 Å². The maximum absolute atomic E-state index is 12.1. The number of nitrogens with zero attached hydrogens (tertiary/aromatic N) is 1. The van der Waals surface area contributed by atoms with Crippen molar-refractivity contribution in [1.82, 2.24) is 4.98 Å². The maximum Gasteiger partial charge on any atom is 0.573 e. The molecule has 0 radical (unpaired) electrons. The highest BCUT2D eigenvalue weighted by Gasteiger charge is 2.32. The average Bonchev–Trinajstić information content (AvgIpc) is 2.14. The first-order chi connectivity index (χ1) is 7.46. The summed E-state index contributed by atoms with van der Waals surface area (Å²) in [4.78, 5) is 3.77. The van der Waals surface area contributed by atoms with E-state index in [9.17, 15) is 18.3 Å². The molecule has 0 fully saturated rings. The van der Waals surface area contributed by atoms with Crippen LogP contribution < -0.4 is 4.74 Å². The molecule has 1 aromatic heterocycles. The summed E-state index contributed by atoms with van der Waals surface area (Å²) in [5.41, 5.74) is 0.0534. The van der Waals surface area contributed by atoms with Crippen LogP contribution in [0, 0.1) is 0 Å². The molecule has 0 amide bonds. The van der Waals surface area contributed by atoms with E-state index in [0.29, 0.717) is 5.39 Å². The summed E-state index contributed by atoms with van der Waals surface area (Å²) in [7, 11) is 0. The lowest BCUT2D eigenvalue weighted by Crippen LogP contribution is -2.17. The molecule has 1 aromatic carbocycles. The van der Waals surface area contributed by atoms with Crippen LogP contribution in [-0.2, 0) is 0 Å². The predicted octanol–water partition coefficient (Wildman–Crippen LogP) is 2.84. The van der Waals surface area contributed by atoms with Gasteiger partial charge in [0.1, 0.15) is 11.3 Å². The fourth-order valence-corrected chi connectivity index (χ4v) is 1.35. The fraction of sp³-hybridized carbons (Fsp3) is 0.100. The molecule has 0 saturated carbocycles. The summed E-state index contributed by atoms with van der Waals surface area (Å²) in [6, 6.07) is 5.28. The zero-order valence-electron chi connectivity index (χ0n) is 7.82. The highest BCUT2D eigenvalue weighted by atomic mass is 19.4. The maximum atomic E-state index is 12.1. The molecule has 1 N–H and O–H groups in total. The Morgan fingerprint density at radius 3 is 2.69 bits per heavy atom. The van der Waals surface area contributed by atoms with Gasteiger partial charge in [0, 0.05) is 17.6 Å². The largest absolute Gasteiger partial charge is 0.573 e. The van der Waals surface area contributed by atoms with E-state index >= 15 is 0 Å². The molecule has 0 unspecified atom stereocenters. The van der Waals surface area contributed by atoms with E-state index in [1.807, 2.05) is 0 Å². The lowest BCUT2D eigenvalue weighted by atomic mass is 10.2. The molecule has 0 aliphatic carbocycles. The second kappa shape index (κ2) is 3.55. The minimum absolute atomic E-state index is 0.0534. The molecule has 1 heterocycles. The Kier molecular flexibility index (Phi) is 2.34. The van der Waals surface area contributed by atoms with Gasteiger partial charge < -0.3 is 9.84 Å². The van der Waals surface area contributed by atoms with Crippen LogP contribution in [0.3, 0.4) is 0 Å². The van der Waals surface area contributed by atoms with Crippen molar-refractivity contribution in [3.05, 3.63) is 30.5 Å². The van der Waals surface area contributed by atoms with Crippen molar-refractivity contribution in [2.24, 2.45) is 0 Å². The summed E-state index contributed by atoms with van der Waals surface area (Å²) < 4.78 is 40.0. The number of benzene rings is 1. The molecule has 2 aromatic rings. The van der Waals surface area contributed by atoms with Crippen LogP contribution in [0.15, 0.2) is 30.5 Å². The number of aromatic hydroxyl groups is 1. The summed E-state index contributed by atoms with van der Waals surface area (Å²) in [6.45, 7) is 0. The first-order valence-electron chi connectivity index (χ1n) is 4.29. The third kappa shape index (κ3) is 2.16. The number of alkyl halides is 3. The van der Waals surface area contributed by atoms with Gasteiger partial charge in [0.15, 0.2) is 5.75 Å². The molecular weight excluding hydrogens is 223 g/mol. The van der Waals surface area contributed by atoms with Crippen LogP contribution in [0.2, 0.25) is 0 Å². The number of hydrogen-bond donors (Lipinski definition) is 1. The van der Waals surface area contributed by atoms with Crippen molar-refractivity contribution in [3.63, 3.8) is 0 Å². The normalized spacial score (nSPS) is 11.7. The van der Waals surface area contributed by atoms with Gasteiger partial charge in [-0.1, -0.05) is 6.07 Å². The van der Waals surface area contributed by atoms with Crippen LogP contribution in [0.4, 0.5) is 13.2 Å². The number of rotatable bonds is 1. The Bertz CT molecular complexity index is 525. The quantitative estimate of drug-likeness (QED) is 0.817. The SMILES string of the molecule is Oc1cc(OC(F)(F)F)c2ncccc2c1. The lowest BCUT2D eigenvalue weighted by molar-refractivity contribution is -0.274. The van der Waals surface area contributed by atoms with E-state index < -0.39 is 12.1 Å². The third-order valence-corrected chi connectivity index (χ3v) is 1.88. The number of phenols is 1. The minimum atomic E-state index is -4.81. The van der Waals surface area contributed by atoms with E-state index in [1.165, 1.54) is 18.3 Å². The molecule has 0 bridgehead atoms. The van der Waals surface area contributed by atoms with Gasteiger partial charge in [0.05, 0.1) is 0 Å². The Morgan fingerprint density at radius 1 is 1.25 bits per heavy atom. The summed E-state index contributed by atoms with van der Waals surface area (Å²) in [6.07, 6.45) is -3.46. The van der Waals surface area contributed by atoms with Crippen molar-refractivity contribution < 1.29 is 23.0 Å². The van der Waals surface area contributed by atoms with Gasteiger partial charge in [-0.3, -0.25) is 4.98 Å². The molecule has 0 aliphatic rings. The Hall–Kier alpha value is -1.98. The van der Waals surface area contributed by atoms with E-state index in [4.69, 9.17) is 0 Å². The molecule has 0 spiro atoms. The van der Waals surface area contributed by atoms with Gasteiger partial charge >= 0.3 is 6.36 Å². The second-order valence-corrected chi connectivity index (χ2v) is 3.07. The van der Waals surface area contributed by atoms with Gasteiger partial charge in [-0.2, -0.15) is 0 Å². The van der Waals surface area contributed by atoms with Crippen LogP contribution in [0.1, 0.15) is 0 Å². The number of fused-ring (bicyclic) bond motifs is 1. The molecule has 0 aliphatic heterocycles. The number of phenolic OH excluding ortho intramolecular Hbond substituents is 1. The Labute approximate surface area is 88.1 Å². The smallest absolute Gasteiger partial charge is 0.508 e. The van der Waals surface area contributed by atoms with Crippen molar-refractivity contribution in [1.29, 1.82) is 0 Å². The molecular formula is C10H6F3NO2. The van der Waals surface area contributed by atoms with Crippen molar-refractivity contribution in [3.8, 4) is 11.5 Å². The zero-order valence-corrected chi connectivity index (χ0v) is 7.82. The number of aromatic nitrogens is 1. The predicted molar refractivity (Wildman–Crippen MR) is 50.1 cm³/mol. The third-order valence-electron chi connectivity index (χ3n) is 1.88. The van der Waals surface area contributed by atoms with E-state index in [2.05, 4.69) is 9.72 Å². The second-order valence-electron chi connectivity index (χ2n) is 3.07. The number of ether oxygens (including phenoxy) is 1. The highest BCUT2D eigenvalue weighted by Crippen LogP contribution is 2.32. The van der Waals surface area contributed by atoms with E-state index in [1.54, 1.807) is 6.07 Å². The molecule has 84 valence electrons. The van der Waals surface area contributed by atoms with Gasteiger partial charge in [-0.15, -0.1) is 13.2 Å². The van der Waals surface area contributed by atoms with Crippen molar-refractivity contribution in [2.75, 3.05) is 0 Å². The Morgan fingerprint density at radius 2 is 2.00 bits per heavy atom. The summed E-state index contributed by atoms with van der Waals surface area (Å²) in [5, 5.41) is 9.61.